The summed E-state index contributed by atoms with van der Waals surface area (Å²) in [5.74, 6) is 2.58. The first kappa shape index (κ1) is 18.2. The zero-order valence-electron chi connectivity index (χ0n) is 16.1. The fraction of sp³-hybridized carbons (Fsp3) is 0.667. The molecule has 0 saturated carbocycles. The van der Waals surface area contributed by atoms with Gasteiger partial charge in [-0.25, -0.2) is 0 Å². The number of benzene rings is 1. The molecule has 2 aliphatic heterocycles. The van der Waals surface area contributed by atoms with E-state index >= 15 is 0 Å². The first-order valence-corrected chi connectivity index (χ1v) is 9.60. The molecule has 2 aliphatic rings. The topological polar surface area (TPSA) is 38.8 Å². The molecule has 1 aromatic carbocycles. The fourth-order valence-corrected chi connectivity index (χ4v) is 4.77. The van der Waals surface area contributed by atoms with Crippen molar-refractivity contribution in [2.75, 3.05) is 27.3 Å². The third kappa shape index (κ3) is 3.17. The molecule has 0 bridgehead atoms. The number of rotatable bonds is 6. The van der Waals surface area contributed by atoms with Crippen LogP contribution in [0.2, 0.25) is 0 Å². The van der Waals surface area contributed by atoms with Crippen LogP contribution in [0, 0.1) is 5.92 Å². The molecule has 25 heavy (non-hydrogen) atoms. The van der Waals surface area contributed by atoms with E-state index in [0.717, 1.165) is 50.3 Å². The van der Waals surface area contributed by atoms with Crippen LogP contribution in [0.3, 0.4) is 0 Å². The van der Waals surface area contributed by atoms with Crippen LogP contribution in [0.5, 0.6) is 11.5 Å². The molecule has 1 atom stereocenters. The number of carbonyl (C=O) groups is 1. The first-order valence-electron chi connectivity index (χ1n) is 9.60. The van der Waals surface area contributed by atoms with Gasteiger partial charge in [0.15, 0.2) is 11.5 Å². The minimum atomic E-state index is -0.168. The van der Waals surface area contributed by atoms with Crippen molar-refractivity contribution in [2.45, 2.75) is 57.9 Å². The monoisotopic (exact) mass is 345 g/mol. The normalized spacial score (nSPS) is 23.3. The Balaban J connectivity index is 2.13. The summed E-state index contributed by atoms with van der Waals surface area (Å²) in [6.45, 7) is 6.43. The lowest BCUT2D eigenvalue weighted by molar-refractivity contribution is -0.128. The predicted molar refractivity (Wildman–Crippen MR) is 99.4 cm³/mol. The molecule has 3 rings (SSSR count). The average Bonchev–Trinajstić information content (AvgIpc) is 2.64. The Morgan fingerprint density at radius 1 is 1.08 bits per heavy atom. The summed E-state index contributed by atoms with van der Waals surface area (Å²) in [5.41, 5.74) is 2.44. The first-order chi connectivity index (χ1) is 12.1. The Morgan fingerprint density at radius 3 is 2.36 bits per heavy atom. The molecule has 1 unspecified atom stereocenters. The van der Waals surface area contributed by atoms with Gasteiger partial charge in [-0.2, -0.15) is 0 Å². The highest BCUT2D eigenvalue weighted by molar-refractivity contribution is 5.81. The van der Waals surface area contributed by atoms with Crippen molar-refractivity contribution >= 4 is 5.78 Å². The number of ketones is 1. The van der Waals surface area contributed by atoms with Gasteiger partial charge in [0, 0.05) is 25.9 Å². The van der Waals surface area contributed by atoms with Crippen LogP contribution in [-0.2, 0) is 16.8 Å². The van der Waals surface area contributed by atoms with Gasteiger partial charge in [0.1, 0.15) is 5.78 Å². The van der Waals surface area contributed by atoms with Crippen molar-refractivity contribution in [3.63, 3.8) is 0 Å². The molecule has 1 aromatic rings. The Labute approximate surface area is 151 Å². The summed E-state index contributed by atoms with van der Waals surface area (Å²) >= 11 is 0. The Hall–Kier alpha value is -1.55. The molecular weight excluding hydrogens is 314 g/mol. The highest BCUT2D eigenvalue weighted by atomic mass is 16.5. The fourth-order valence-electron chi connectivity index (χ4n) is 4.77. The molecule has 0 aromatic heterocycles. The van der Waals surface area contributed by atoms with Gasteiger partial charge in [-0.1, -0.05) is 26.7 Å². The maximum atomic E-state index is 12.5. The third-order valence-electron chi connectivity index (χ3n) is 6.30. The minimum Gasteiger partial charge on any atom is -0.493 e. The van der Waals surface area contributed by atoms with Crippen molar-refractivity contribution in [1.29, 1.82) is 0 Å². The summed E-state index contributed by atoms with van der Waals surface area (Å²) in [4.78, 5) is 15.1. The van der Waals surface area contributed by atoms with Crippen LogP contribution in [0.4, 0.5) is 0 Å². The zero-order valence-corrected chi connectivity index (χ0v) is 16.1. The van der Waals surface area contributed by atoms with Crippen molar-refractivity contribution in [1.82, 2.24) is 4.90 Å². The molecule has 0 amide bonds. The molecule has 0 aliphatic carbocycles. The highest BCUT2D eigenvalue weighted by Crippen LogP contribution is 2.49. The molecular formula is C21H31NO3. The lowest BCUT2D eigenvalue weighted by atomic mass is 9.69. The molecule has 1 saturated heterocycles. The van der Waals surface area contributed by atoms with E-state index in [2.05, 4.69) is 30.9 Å². The van der Waals surface area contributed by atoms with Crippen molar-refractivity contribution in [3.8, 4) is 11.5 Å². The van der Waals surface area contributed by atoms with E-state index in [1.807, 2.05) is 0 Å². The quantitative estimate of drug-likeness (QED) is 0.783. The number of nitrogens with zero attached hydrogens (tertiary/aromatic N) is 1. The van der Waals surface area contributed by atoms with Gasteiger partial charge in [-0.3, -0.25) is 9.69 Å². The summed E-state index contributed by atoms with van der Waals surface area (Å²) in [5, 5.41) is 0. The van der Waals surface area contributed by atoms with E-state index in [9.17, 15) is 4.79 Å². The third-order valence-corrected chi connectivity index (χ3v) is 6.30. The summed E-state index contributed by atoms with van der Waals surface area (Å²) in [6.07, 6.45) is 5.69. The Bertz CT molecular complexity index is 638. The van der Waals surface area contributed by atoms with Crippen LogP contribution in [0.15, 0.2) is 12.1 Å². The maximum Gasteiger partial charge on any atom is 0.161 e. The summed E-state index contributed by atoms with van der Waals surface area (Å²) < 4.78 is 11.1. The lowest BCUT2D eigenvalue weighted by Gasteiger charge is -2.52. The molecule has 2 heterocycles. The minimum absolute atomic E-state index is 0.168. The lowest BCUT2D eigenvalue weighted by Crippen LogP contribution is -2.56. The molecule has 4 heteroatoms. The Kier molecular flexibility index (Phi) is 5.38. The van der Waals surface area contributed by atoms with Crippen LogP contribution in [0.25, 0.3) is 0 Å². The predicted octanol–water partition coefficient (Wildman–Crippen LogP) is 3.95. The number of Topliss-reactive ketones (excluding diaryl/α,β-unsaturated/α-hetero) is 1. The number of ether oxygens (including phenoxy) is 2. The molecule has 138 valence electrons. The number of carbonyl (C=O) groups excluding carboxylic acids is 1. The second kappa shape index (κ2) is 7.36. The van der Waals surface area contributed by atoms with Crippen molar-refractivity contribution < 1.29 is 14.3 Å². The van der Waals surface area contributed by atoms with Gasteiger partial charge in [-0.05, 0) is 42.0 Å². The van der Waals surface area contributed by atoms with Crippen molar-refractivity contribution in [2.24, 2.45) is 5.92 Å². The van der Waals surface area contributed by atoms with Crippen LogP contribution in [-0.4, -0.2) is 38.0 Å². The number of piperidine rings is 1. The van der Waals surface area contributed by atoms with E-state index in [0.29, 0.717) is 24.5 Å². The van der Waals surface area contributed by atoms with E-state index in [-0.39, 0.29) is 5.54 Å². The molecule has 1 fully saturated rings. The van der Waals surface area contributed by atoms with Gasteiger partial charge >= 0.3 is 0 Å². The van der Waals surface area contributed by atoms with Gasteiger partial charge in [0.25, 0.3) is 0 Å². The van der Waals surface area contributed by atoms with Gasteiger partial charge in [-0.15, -0.1) is 0 Å². The second-order valence-corrected chi connectivity index (χ2v) is 7.49. The van der Waals surface area contributed by atoms with Gasteiger partial charge in [0.2, 0.25) is 0 Å². The zero-order chi connectivity index (χ0) is 18.0. The van der Waals surface area contributed by atoms with E-state index < -0.39 is 0 Å². The number of methoxy groups -OCH3 is 2. The van der Waals surface area contributed by atoms with Crippen LogP contribution in [0.1, 0.15) is 57.1 Å². The van der Waals surface area contributed by atoms with Crippen LogP contribution < -0.4 is 9.47 Å². The molecule has 0 spiro atoms. The van der Waals surface area contributed by atoms with E-state index in [4.69, 9.17) is 9.47 Å². The smallest absolute Gasteiger partial charge is 0.161 e. The van der Waals surface area contributed by atoms with Crippen LogP contribution >= 0.6 is 0 Å². The largest absolute Gasteiger partial charge is 0.493 e. The maximum absolute atomic E-state index is 12.5. The number of hydrogen-bond donors (Lipinski definition) is 0. The molecule has 0 radical (unpaired) electrons. The Morgan fingerprint density at radius 2 is 1.72 bits per heavy atom. The van der Waals surface area contributed by atoms with Crippen molar-refractivity contribution in [3.05, 3.63) is 23.3 Å². The number of fused-ring (bicyclic) bond motifs is 3. The summed E-state index contributed by atoms with van der Waals surface area (Å²) in [6, 6.07) is 4.26. The molecule has 4 nitrogen and oxygen atoms in total. The second-order valence-electron chi connectivity index (χ2n) is 7.49. The number of hydrogen-bond acceptors (Lipinski definition) is 4. The average molecular weight is 345 g/mol. The SMILES string of the molecule is CCC(CC)CC12CC(=O)CCN1CCc1cc(OC)c(OC)cc12. The summed E-state index contributed by atoms with van der Waals surface area (Å²) in [7, 11) is 3.37. The highest BCUT2D eigenvalue weighted by Gasteiger charge is 2.47. The van der Waals surface area contributed by atoms with Gasteiger partial charge in [0.05, 0.1) is 19.8 Å². The van der Waals surface area contributed by atoms with E-state index in [1.165, 1.54) is 11.1 Å². The standard InChI is InChI=1S/C21H31NO3/c1-5-15(6-2)13-21-14-17(23)8-10-22(21)9-7-16-11-19(24-3)20(25-4)12-18(16)21/h11-12,15H,5-10,13-14H2,1-4H3. The van der Waals surface area contributed by atoms with E-state index in [1.54, 1.807) is 14.2 Å². The molecule has 0 N–H and O–H groups in total. The van der Waals surface area contributed by atoms with Gasteiger partial charge < -0.3 is 9.47 Å².